The van der Waals surface area contributed by atoms with Gasteiger partial charge in [-0.2, -0.15) is 0 Å². The number of hydrogen-bond acceptors (Lipinski definition) is 1. The van der Waals surface area contributed by atoms with Gasteiger partial charge in [-0.05, 0) is 0 Å². The first-order valence-corrected chi connectivity index (χ1v) is 2.02. The van der Waals surface area contributed by atoms with Gasteiger partial charge in [-0.3, -0.25) is 0 Å². The van der Waals surface area contributed by atoms with Gasteiger partial charge < -0.3 is 9.59 Å². The zero-order valence-corrected chi connectivity index (χ0v) is 4.86. The van der Waals surface area contributed by atoms with Crippen molar-refractivity contribution < 1.29 is 12.3 Å². The highest BCUT2D eigenvalue weighted by Gasteiger charge is 1.94. The molecular weight excluding hydrogens is 91.1 g/mol. The molecule has 0 saturated carbocycles. The lowest BCUT2D eigenvalue weighted by Gasteiger charge is -2.17. The summed E-state index contributed by atoms with van der Waals surface area (Å²) >= 11 is 0. The summed E-state index contributed by atoms with van der Waals surface area (Å²) < 4.78 is 13.7. The van der Waals surface area contributed by atoms with Crippen LogP contribution in [-0.4, -0.2) is 25.6 Å². The van der Waals surface area contributed by atoms with Gasteiger partial charge in [0.1, 0.15) is 1.37 Å². The highest BCUT2D eigenvalue weighted by atomic mass is 16.2. The van der Waals surface area contributed by atoms with Crippen LogP contribution in [0.5, 0.6) is 0 Å². The molecule has 0 rings (SSSR count). The van der Waals surface area contributed by atoms with Crippen LogP contribution in [0.25, 0.3) is 0 Å². The molecule has 0 aromatic rings. The summed E-state index contributed by atoms with van der Waals surface area (Å²) in [7, 11) is 5.03. The van der Waals surface area contributed by atoms with E-state index in [1.54, 1.807) is 21.1 Å². The van der Waals surface area contributed by atoms with Crippen LogP contribution in [0.15, 0.2) is 12.4 Å². The van der Waals surface area contributed by atoms with Crippen LogP contribution in [-0.2, 0) is 0 Å². The SMILES string of the molecule is [2H]/C([O-])=[13C](/[2H])[N+](C)(C)C. The summed E-state index contributed by atoms with van der Waals surface area (Å²) in [5.41, 5.74) is 0. The maximum atomic E-state index is 10.2. The van der Waals surface area contributed by atoms with Crippen LogP contribution >= 0.6 is 0 Å². The topological polar surface area (TPSA) is 23.1 Å². The molecule has 7 heavy (non-hydrogen) atoms. The van der Waals surface area contributed by atoms with E-state index < -0.39 is 6.24 Å². The molecule has 0 bridgehead atoms. The summed E-state index contributed by atoms with van der Waals surface area (Å²) in [5.74, 6) is 0. The highest BCUT2D eigenvalue weighted by molar-refractivity contribution is 4.53. The predicted molar refractivity (Wildman–Crippen MR) is 27.2 cm³/mol. The van der Waals surface area contributed by atoms with Crippen LogP contribution in [0.4, 0.5) is 0 Å². The number of rotatable bonds is 1. The fourth-order valence-corrected chi connectivity index (χ4v) is 0.137. The molecule has 0 aromatic carbocycles. The van der Waals surface area contributed by atoms with Crippen molar-refractivity contribution in [3.8, 4) is 0 Å². The molecule has 0 radical (unpaired) electrons. The van der Waals surface area contributed by atoms with E-state index in [9.17, 15) is 5.11 Å². The van der Waals surface area contributed by atoms with Crippen molar-refractivity contribution in [3.05, 3.63) is 12.4 Å². The number of hydrogen-bond donors (Lipinski definition) is 0. The van der Waals surface area contributed by atoms with Crippen molar-refractivity contribution in [1.82, 2.24) is 0 Å². The van der Waals surface area contributed by atoms with Crippen LogP contribution in [0, 0.1) is 0 Å². The molecule has 0 N–H and O–H groups in total. The smallest absolute Gasteiger partial charge is 0.126 e. The van der Waals surface area contributed by atoms with Crippen molar-refractivity contribution in [2.24, 2.45) is 0 Å². The molecule has 0 aliphatic heterocycles. The Morgan fingerprint density at radius 3 is 2.00 bits per heavy atom. The van der Waals surface area contributed by atoms with Crippen molar-refractivity contribution >= 4 is 0 Å². The van der Waals surface area contributed by atoms with Crippen molar-refractivity contribution in [2.75, 3.05) is 21.1 Å². The average Bonchev–Trinajstić information content (AvgIpc) is 1.62. The Morgan fingerprint density at radius 2 is 2.00 bits per heavy atom. The molecule has 0 aliphatic rings. The fraction of sp³-hybridized carbons (Fsp3) is 0.600. The highest BCUT2D eigenvalue weighted by Crippen LogP contribution is 1.86. The summed E-state index contributed by atoms with van der Waals surface area (Å²) in [5, 5.41) is 10.2. The van der Waals surface area contributed by atoms with Crippen LogP contribution in [0.3, 0.4) is 0 Å². The summed E-state index contributed by atoms with van der Waals surface area (Å²) in [4.78, 5) is 0. The standard InChI is InChI=1S/C5H11NO/c1-6(2,3)4-5-7/h4-5H,1-3H3/b5-4+/i4+1D,5D. The molecule has 0 saturated heterocycles. The molecule has 0 aromatic heterocycles. The molecule has 2 nitrogen and oxygen atoms in total. The molecule has 2 heteroatoms. The molecule has 42 valence electrons. The lowest BCUT2D eigenvalue weighted by Crippen LogP contribution is -2.27. The molecule has 0 amide bonds. The second kappa shape index (κ2) is 1.98. The molecule has 0 heterocycles. The van der Waals surface area contributed by atoms with Crippen LogP contribution in [0.1, 0.15) is 2.74 Å². The van der Waals surface area contributed by atoms with Crippen LogP contribution in [0.2, 0.25) is 0 Å². The maximum absolute atomic E-state index is 10.2. The second-order valence-corrected chi connectivity index (χ2v) is 2.23. The van der Waals surface area contributed by atoms with Gasteiger partial charge >= 0.3 is 0 Å². The largest absolute Gasteiger partial charge is 0.874 e. The minimum atomic E-state index is -0.914. The number of quaternary nitrogens is 1. The van der Waals surface area contributed by atoms with Gasteiger partial charge in [0.05, 0.1) is 27.3 Å². The predicted octanol–water partition coefficient (Wildman–Crippen LogP) is -0.476. The number of nitrogens with zero attached hydrogens (tertiary/aromatic N) is 1. The zero-order chi connectivity index (χ0) is 7.65. The Kier molecular flexibility index (Phi) is 0.989. The second-order valence-electron chi connectivity index (χ2n) is 2.23. The zero-order valence-electron chi connectivity index (χ0n) is 6.86. The molecule has 0 fully saturated rings. The first kappa shape index (κ1) is 3.50. The first-order valence-electron chi connectivity index (χ1n) is 3.02. The van der Waals surface area contributed by atoms with E-state index in [4.69, 9.17) is 2.74 Å². The fourth-order valence-electron chi connectivity index (χ4n) is 0.137. The van der Waals surface area contributed by atoms with E-state index >= 15 is 0 Å². The Hall–Kier alpha value is -0.500. The maximum Gasteiger partial charge on any atom is 0.126 e. The van der Waals surface area contributed by atoms with Gasteiger partial charge in [-0.15, -0.1) is 0 Å². The van der Waals surface area contributed by atoms with Crippen molar-refractivity contribution in [2.45, 2.75) is 0 Å². The minimum Gasteiger partial charge on any atom is -0.874 e. The third kappa shape index (κ3) is 5.50. The van der Waals surface area contributed by atoms with Crippen LogP contribution < -0.4 is 5.11 Å². The van der Waals surface area contributed by atoms with E-state index in [-0.39, 0.29) is 10.7 Å². The first-order chi connectivity index (χ1) is 3.85. The Balaban J connectivity index is 4.40. The van der Waals surface area contributed by atoms with E-state index in [1.165, 1.54) is 0 Å². The third-order valence-electron chi connectivity index (χ3n) is 0.381. The quantitative estimate of drug-likeness (QED) is 0.250. The Labute approximate surface area is 47.1 Å². The molecular formula is C5H11NO. The van der Waals surface area contributed by atoms with Gasteiger partial charge in [0, 0.05) is 1.37 Å². The van der Waals surface area contributed by atoms with Gasteiger partial charge in [0.25, 0.3) is 0 Å². The molecule has 0 aliphatic carbocycles. The summed E-state index contributed by atoms with van der Waals surface area (Å²) in [6.45, 7) is 0. The normalized spacial score (nSPS) is 19.9. The lowest BCUT2D eigenvalue weighted by molar-refractivity contribution is -0.818. The lowest BCUT2D eigenvalue weighted by atomic mass is 10.8. The van der Waals surface area contributed by atoms with E-state index in [2.05, 4.69) is 0 Å². The summed E-state index contributed by atoms with van der Waals surface area (Å²) in [6.07, 6.45) is -1.11. The monoisotopic (exact) mass is 104 g/mol. The summed E-state index contributed by atoms with van der Waals surface area (Å²) in [6, 6.07) is 0. The minimum absolute atomic E-state index is 0.113. The Bertz CT molecular complexity index is 132. The van der Waals surface area contributed by atoms with Gasteiger partial charge in [0.15, 0.2) is 0 Å². The third-order valence-corrected chi connectivity index (χ3v) is 0.381. The molecule has 0 unspecified atom stereocenters. The Morgan fingerprint density at radius 1 is 1.57 bits per heavy atom. The van der Waals surface area contributed by atoms with Crippen molar-refractivity contribution in [1.29, 1.82) is 0 Å². The van der Waals surface area contributed by atoms with Gasteiger partial charge in [-0.25, -0.2) is 0 Å². The van der Waals surface area contributed by atoms with Gasteiger partial charge in [0.2, 0.25) is 0 Å². The van der Waals surface area contributed by atoms with E-state index in [0.717, 1.165) is 0 Å². The molecule has 0 spiro atoms. The van der Waals surface area contributed by atoms with E-state index in [0.29, 0.717) is 0 Å². The molecule has 0 atom stereocenters. The average molecular weight is 104 g/mol. The van der Waals surface area contributed by atoms with E-state index in [1.807, 2.05) is 0 Å². The van der Waals surface area contributed by atoms with Crippen molar-refractivity contribution in [3.63, 3.8) is 0 Å². The van der Waals surface area contributed by atoms with Gasteiger partial charge in [-0.1, -0.05) is 6.24 Å².